The lowest BCUT2D eigenvalue weighted by molar-refractivity contribution is 0.142. The quantitative estimate of drug-likeness (QED) is 0.810. The molecule has 126 valence electrons. The molecule has 1 aliphatic heterocycles. The highest BCUT2D eigenvalue weighted by Crippen LogP contribution is 2.38. The van der Waals surface area contributed by atoms with Crippen LogP contribution in [0.5, 0.6) is 5.75 Å². The summed E-state index contributed by atoms with van der Waals surface area (Å²) in [6, 6.07) is 3.31. The molecule has 1 saturated heterocycles. The zero-order valence-corrected chi connectivity index (χ0v) is 15.0. The van der Waals surface area contributed by atoms with Crippen molar-refractivity contribution >= 4 is 58.2 Å². The molecule has 1 amide bonds. The summed E-state index contributed by atoms with van der Waals surface area (Å²) in [6.45, 7) is 2.05. The van der Waals surface area contributed by atoms with Crippen molar-refractivity contribution in [3.63, 3.8) is 0 Å². The van der Waals surface area contributed by atoms with Crippen molar-refractivity contribution in [1.29, 1.82) is 0 Å². The molecule has 0 spiro atoms. The summed E-state index contributed by atoms with van der Waals surface area (Å²) in [5.74, 6) is 0.499. The van der Waals surface area contributed by atoms with Crippen LogP contribution in [0.1, 0.15) is 0 Å². The molecule has 1 aliphatic rings. The standard InChI is InChI=1S/C14H14Cl4N2O3/c15-10-7-9(23-6-1-12(17)18)8-11(16)13(10)19-2-4-20(5-3-19)14(21)22/h1,7-8H,2-6H2,(H,21,22). The van der Waals surface area contributed by atoms with Crippen LogP contribution in [-0.4, -0.2) is 48.9 Å². The number of amides is 1. The van der Waals surface area contributed by atoms with Gasteiger partial charge in [-0.2, -0.15) is 0 Å². The maximum absolute atomic E-state index is 10.9. The van der Waals surface area contributed by atoms with Gasteiger partial charge in [0.2, 0.25) is 0 Å². The molecule has 2 rings (SSSR count). The maximum atomic E-state index is 10.9. The summed E-state index contributed by atoms with van der Waals surface area (Å²) in [5.41, 5.74) is 0.677. The van der Waals surface area contributed by atoms with Gasteiger partial charge >= 0.3 is 6.09 Å². The van der Waals surface area contributed by atoms with Gasteiger partial charge in [0.05, 0.1) is 15.7 Å². The highest BCUT2D eigenvalue weighted by molar-refractivity contribution is 6.55. The van der Waals surface area contributed by atoms with Gasteiger partial charge in [-0.1, -0.05) is 46.4 Å². The Morgan fingerprint density at radius 3 is 2.22 bits per heavy atom. The Balaban J connectivity index is 2.09. The van der Waals surface area contributed by atoms with Crippen LogP contribution in [0.3, 0.4) is 0 Å². The van der Waals surface area contributed by atoms with Crippen LogP contribution in [0, 0.1) is 0 Å². The third-order valence-electron chi connectivity index (χ3n) is 3.34. The molecule has 1 aromatic carbocycles. The van der Waals surface area contributed by atoms with Gasteiger partial charge in [0.25, 0.3) is 0 Å². The van der Waals surface area contributed by atoms with Gasteiger partial charge in [0.1, 0.15) is 16.8 Å². The molecule has 0 unspecified atom stereocenters. The smallest absolute Gasteiger partial charge is 0.407 e. The van der Waals surface area contributed by atoms with Crippen molar-refractivity contribution in [3.8, 4) is 5.75 Å². The number of anilines is 1. The minimum absolute atomic E-state index is 0.120. The highest BCUT2D eigenvalue weighted by atomic mass is 35.5. The fraction of sp³-hybridized carbons (Fsp3) is 0.357. The lowest BCUT2D eigenvalue weighted by Crippen LogP contribution is -2.48. The van der Waals surface area contributed by atoms with Gasteiger partial charge in [0.15, 0.2) is 0 Å². The fourth-order valence-corrected chi connectivity index (χ4v) is 3.08. The Kier molecular flexibility index (Phi) is 6.53. The molecule has 9 heteroatoms. The molecule has 1 N–H and O–H groups in total. The minimum Gasteiger partial charge on any atom is -0.489 e. The van der Waals surface area contributed by atoms with E-state index in [4.69, 9.17) is 56.2 Å². The second kappa shape index (κ2) is 8.20. The number of hydrogen-bond donors (Lipinski definition) is 1. The highest BCUT2D eigenvalue weighted by Gasteiger charge is 2.23. The molecule has 0 saturated carbocycles. The first-order chi connectivity index (χ1) is 10.9. The Morgan fingerprint density at radius 2 is 1.74 bits per heavy atom. The van der Waals surface area contributed by atoms with Crippen molar-refractivity contribution in [2.45, 2.75) is 0 Å². The second-order valence-corrected chi connectivity index (χ2v) is 6.62. The van der Waals surface area contributed by atoms with Crippen LogP contribution < -0.4 is 9.64 Å². The first-order valence-corrected chi connectivity index (χ1v) is 8.25. The monoisotopic (exact) mass is 398 g/mol. The van der Waals surface area contributed by atoms with Crippen molar-refractivity contribution in [3.05, 3.63) is 32.7 Å². The topological polar surface area (TPSA) is 53.0 Å². The number of halogens is 4. The first kappa shape index (κ1) is 18.3. The van der Waals surface area contributed by atoms with E-state index in [2.05, 4.69) is 0 Å². The van der Waals surface area contributed by atoms with Crippen molar-refractivity contribution < 1.29 is 14.6 Å². The predicted octanol–water partition coefficient (Wildman–Crippen LogP) is 4.49. The Bertz CT molecular complexity index is 589. The lowest BCUT2D eigenvalue weighted by atomic mass is 10.2. The molecule has 1 fully saturated rings. The summed E-state index contributed by atoms with van der Waals surface area (Å²) in [6.07, 6.45) is 0.584. The van der Waals surface area contributed by atoms with E-state index in [0.717, 1.165) is 0 Å². The van der Waals surface area contributed by atoms with E-state index in [1.165, 1.54) is 11.0 Å². The third kappa shape index (κ3) is 4.98. The summed E-state index contributed by atoms with van der Waals surface area (Å²) in [4.78, 5) is 14.3. The zero-order chi connectivity index (χ0) is 17.0. The summed E-state index contributed by atoms with van der Waals surface area (Å²) >= 11 is 23.6. The predicted molar refractivity (Wildman–Crippen MR) is 93.6 cm³/mol. The molecule has 0 aromatic heterocycles. The number of hydrogen-bond acceptors (Lipinski definition) is 3. The molecule has 5 nitrogen and oxygen atoms in total. The minimum atomic E-state index is -0.920. The normalized spacial score (nSPS) is 14.6. The molecule has 23 heavy (non-hydrogen) atoms. The molecular weight excluding hydrogens is 386 g/mol. The van der Waals surface area contributed by atoms with Crippen molar-refractivity contribution in [2.24, 2.45) is 0 Å². The Hall–Kier alpha value is -1.01. The van der Waals surface area contributed by atoms with Gasteiger partial charge in [0, 0.05) is 38.3 Å². The molecule has 0 bridgehead atoms. The van der Waals surface area contributed by atoms with Gasteiger partial charge < -0.3 is 19.6 Å². The van der Waals surface area contributed by atoms with Crippen LogP contribution in [0.25, 0.3) is 0 Å². The molecule has 0 aliphatic carbocycles. The second-order valence-electron chi connectivity index (χ2n) is 4.80. The van der Waals surface area contributed by atoms with Crippen molar-refractivity contribution in [2.75, 3.05) is 37.7 Å². The van der Waals surface area contributed by atoms with Crippen LogP contribution in [0.4, 0.5) is 10.5 Å². The Morgan fingerprint density at radius 1 is 1.17 bits per heavy atom. The number of rotatable bonds is 4. The number of nitrogens with zero attached hydrogens (tertiary/aromatic N) is 2. The largest absolute Gasteiger partial charge is 0.489 e. The van der Waals surface area contributed by atoms with E-state index in [0.29, 0.717) is 47.7 Å². The van der Waals surface area contributed by atoms with Gasteiger partial charge in [-0.25, -0.2) is 4.79 Å². The van der Waals surface area contributed by atoms with Crippen LogP contribution in [0.2, 0.25) is 10.0 Å². The van der Waals surface area contributed by atoms with Gasteiger partial charge in [-0.15, -0.1) is 0 Å². The van der Waals surface area contributed by atoms with E-state index in [1.54, 1.807) is 12.1 Å². The van der Waals surface area contributed by atoms with E-state index in [9.17, 15) is 4.79 Å². The van der Waals surface area contributed by atoms with Gasteiger partial charge in [-0.3, -0.25) is 0 Å². The average molecular weight is 400 g/mol. The molecule has 1 heterocycles. The number of carbonyl (C=O) groups is 1. The van der Waals surface area contributed by atoms with Crippen LogP contribution in [-0.2, 0) is 0 Å². The SMILES string of the molecule is O=C(O)N1CCN(c2c(Cl)cc(OCC=C(Cl)Cl)cc2Cl)CC1. The zero-order valence-electron chi connectivity index (χ0n) is 11.9. The third-order valence-corrected chi connectivity index (χ3v) is 4.23. The van der Waals surface area contributed by atoms with E-state index in [1.807, 2.05) is 4.90 Å². The molecule has 1 aromatic rings. The number of carboxylic acid groups (broad SMARTS) is 1. The van der Waals surface area contributed by atoms with E-state index in [-0.39, 0.29) is 11.1 Å². The molecule has 0 atom stereocenters. The molecular formula is C14H14Cl4N2O3. The average Bonchev–Trinajstić information content (AvgIpc) is 2.46. The van der Waals surface area contributed by atoms with Crippen molar-refractivity contribution in [1.82, 2.24) is 4.90 Å². The van der Waals surface area contributed by atoms with Crippen LogP contribution in [0.15, 0.2) is 22.7 Å². The van der Waals surface area contributed by atoms with Gasteiger partial charge in [-0.05, 0) is 6.08 Å². The van der Waals surface area contributed by atoms with E-state index >= 15 is 0 Å². The summed E-state index contributed by atoms with van der Waals surface area (Å²) < 4.78 is 5.57. The Labute approximate surface area is 153 Å². The van der Waals surface area contributed by atoms with Crippen LogP contribution >= 0.6 is 46.4 Å². The van der Waals surface area contributed by atoms with E-state index < -0.39 is 6.09 Å². The first-order valence-electron chi connectivity index (χ1n) is 6.74. The summed E-state index contributed by atoms with van der Waals surface area (Å²) in [5, 5.41) is 9.86. The number of benzene rings is 1. The lowest BCUT2D eigenvalue weighted by Gasteiger charge is -2.35. The molecule has 0 radical (unpaired) electrons. The number of ether oxygens (including phenoxy) is 1. The maximum Gasteiger partial charge on any atom is 0.407 e. The summed E-state index contributed by atoms with van der Waals surface area (Å²) in [7, 11) is 0. The fourth-order valence-electron chi connectivity index (χ4n) is 2.25. The number of piperazine rings is 1.